The minimum atomic E-state index is -0.329. The van der Waals surface area contributed by atoms with Crippen LogP contribution in [-0.4, -0.2) is 36.6 Å². The Balaban J connectivity index is 1.46. The molecule has 0 saturated carbocycles. The number of methoxy groups -OCH3 is 1. The summed E-state index contributed by atoms with van der Waals surface area (Å²) in [6.45, 7) is 1.79. The zero-order chi connectivity index (χ0) is 21.6. The van der Waals surface area contributed by atoms with Gasteiger partial charge in [-0.3, -0.25) is 4.79 Å². The zero-order valence-electron chi connectivity index (χ0n) is 17.4. The van der Waals surface area contributed by atoms with Crippen molar-refractivity contribution in [2.75, 3.05) is 13.7 Å². The molecule has 1 aliphatic rings. The van der Waals surface area contributed by atoms with E-state index in [1.807, 2.05) is 61.5 Å². The van der Waals surface area contributed by atoms with Gasteiger partial charge in [-0.25, -0.2) is 5.01 Å². The van der Waals surface area contributed by atoms with Crippen LogP contribution >= 0.6 is 0 Å². The average Bonchev–Trinajstić information content (AvgIpc) is 3.48. The van der Waals surface area contributed by atoms with Crippen LogP contribution in [0.4, 0.5) is 0 Å². The number of hydrogen-bond donors (Lipinski definition) is 0. The Kier molecular flexibility index (Phi) is 6.12. The molecule has 158 valence electrons. The summed E-state index contributed by atoms with van der Waals surface area (Å²) in [6.07, 6.45) is 3.71. The van der Waals surface area contributed by atoms with Crippen LogP contribution in [-0.2, 0) is 9.63 Å². The molecule has 4 rings (SSSR count). The number of hydrazone groups is 1. The number of amides is 1. The van der Waals surface area contributed by atoms with Crippen molar-refractivity contribution in [3.63, 3.8) is 0 Å². The number of ether oxygens (including phenoxy) is 1. The van der Waals surface area contributed by atoms with Gasteiger partial charge in [-0.2, -0.15) is 5.10 Å². The van der Waals surface area contributed by atoms with E-state index in [2.05, 4.69) is 10.3 Å². The van der Waals surface area contributed by atoms with Crippen molar-refractivity contribution in [1.82, 2.24) is 5.01 Å². The molecular formula is C24H23N3O4. The van der Waals surface area contributed by atoms with E-state index in [1.165, 1.54) is 5.01 Å². The summed E-state index contributed by atoms with van der Waals surface area (Å²) in [5.41, 5.74) is 3.77. The zero-order valence-corrected chi connectivity index (χ0v) is 17.4. The molecule has 0 bridgehead atoms. The minimum absolute atomic E-state index is 0.223. The molecule has 2 heterocycles. The van der Waals surface area contributed by atoms with E-state index < -0.39 is 0 Å². The van der Waals surface area contributed by atoms with E-state index in [0.29, 0.717) is 12.2 Å². The normalized spacial score (nSPS) is 15.9. The molecule has 7 nitrogen and oxygen atoms in total. The van der Waals surface area contributed by atoms with Gasteiger partial charge in [0.05, 0.1) is 25.3 Å². The Labute approximate surface area is 180 Å². The molecule has 2 aromatic carbocycles. The van der Waals surface area contributed by atoms with E-state index in [1.54, 1.807) is 25.7 Å². The summed E-state index contributed by atoms with van der Waals surface area (Å²) in [7, 11) is 1.62. The summed E-state index contributed by atoms with van der Waals surface area (Å²) in [4.78, 5) is 18.1. The summed E-state index contributed by atoms with van der Waals surface area (Å²) < 4.78 is 10.8. The van der Waals surface area contributed by atoms with Crippen LogP contribution < -0.4 is 4.74 Å². The fourth-order valence-electron chi connectivity index (χ4n) is 3.31. The Morgan fingerprint density at radius 1 is 1.19 bits per heavy atom. The molecule has 7 heteroatoms. The molecule has 0 radical (unpaired) electrons. The van der Waals surface area contributed by atoms with Crippen molar-refractivity contribution in [3.05, 3.63) is 89.4 Å². The van der Waals surface area contributed by atoms with Crippen molar-refractivity contribution in [2.24, 2.45) is 10.3 Å². The minimum Gasteiger partial charge on any atom is -0.497 e. The summed E-state index contributed by atoms with van der Waals surface area (Å²) >= 11 is 0. The number of nitrogens with zero attached hydrogens (tertiary/aromatic N) is 3. The summed E-state index contributed by atoms with van der Waals surface area (Å²) in [5.74, 6) is 1.13. The number of oxime groups is 1. The lowest BCUT2D eigenvalue weighted by Gasteiger charge is -2.19. The van der Waals surface area contributed by atoms with Gasteiger partial charge >= 0.3 is 0 Å². The van der Waals surface area contributed by atoms with Gasteiger partial charge in [0.15, 0.2) is 6.61 Å². The van der Waals surface area contributed by atoms with E-state index in [9.17, 15) is 4.79 Å². The second-order valence-electron chi connectivity index (χ2n) is 7.17. The molecule has 1 amide bonds. The van der Waals surface area contributed by atoms with Crippen LogP contribution in [0.25, 0.3) is 0 Å². The average molecular weight is 417 g/mol. The largest absolute Gasteiger partial charge is 0.497 e. The van der Waals surface area contributed by atoms with E-state index in [0.717, 1.165) is 28.2 Å². The van der Waals surface area contributed by atoms with Crippen LogP contribution in [0.3, 0.4) is 0 Å². The maximum Gasteiger partial charge on any atom is 0.284 e. The number of benzene rings is 2. The van der Waals surface area contributed by atoms with Crippen LogP contribution in [0.15, 0.2) is 81.6 Å². The third-order valence-corrected chi connectivity index (χ3v) is 5.00. The van der Waals surface area contributed by atoms with Gasteiger partial charge in [0.25, 0.3) is 5.91 Å². The van der Waals surface area contributed by atoms with Gasteiger partial charge in [-0.1, -0.05) is 35.0 Å². The van der Waals surface area contributed by atoms with E-state index >= 15 is 0 Å². The highest BCUT2D eigenvalue weighted by Crippen LogP contribution is 2.33. The van der Waals surface area contributed by atoms with Gasteiger partial charge in [0, 0.05) is 6.42 Å². The highest BCUT2D eigenvalue weighted by atomic mass is 16.6. The maximum atomic E-state index is 12.8. The second kappa shape index (κ2) is 9.30. The van der Waals surface area contributed by atoms with E-state index in [-0.39, 0.29) is 18.6 Å². The van der Waals surface area contributed by atoms with Gasteiger partial charge in [-0.15, -0.1) is 0 Å². The SMILES string of the molecule is COc1ccc(C2=NN(C(=O)CO/N=C\c3ccc(C)cc3)[C@H](c3ccco3)C2)cc1. The van der Waals surface area contributed by atoms with Gasteiger partial charge in [0.1, 0.15) is 17.6 Å². The third-order valence-electron chi connectivity index (χ3n) is 5.00. The molecule has 0 fully saturated rings. The predicted molar refractivity (Wildman–Crippen MR) is 117 cm³/mol. The first-order valence-electron chi connectivity index (χ1n) is 9.93. The molecule has 0 aliphatic carbocycles. The quantitative estimate of drug-likeness (QED) is 0.424. The second-order valence-corrected chi connectivity index (χ2v) is 7.17. The van der Waals surface area contributed by atoms with Crippen molar-refractivity contribution >= 4 is 17.8 Å². The number of carbonyl (C=O) groups excluding carboxylic acids is 1. The smallest absolute Gasteiger partial charge is 0.284 e. The Morgan fingerprint density at radius 3 is 2.65 bits per heavy atom. The Morgan fingerprint density at radius 2 is 1.97 bits per heavy atom. The molecule has 0 N–H and O–H groups in total. The Bertz CT molecular complexity index is 1070. The van der Waals surface area contributed by atoms with Crippen LogP contribution in [0.1, 0.15) is 34.9 Å². The monoisotopic (exact) mass is 417 g/mol. The highest BCUT2D eigenvalue weighted by Gasteiger charge is 2.35. The molecule has 1 atom stereocenters. The molecule has 3 aromatic rings. The Hall–Kier alpha value is -3.87. The number of carbonyl (C=O) groups is 1. The lowest BCUT2D eigenvalue weighted by atomic mass is 10.0. The van der Waals surface area contributed by atoms with Gasteiger partial charge < -0.3 is 14.0 Å². The van der Waals surface area contributed by atoms with Gasteiger partial charge in [-0.05, 0) is 54.4 Å². The van der Waals surface area contributed by atoms with Crippen LogP contribution in [0, 0.1) is 6.92 Å². The highest BCUT2D eigenvalue weighted by molar-refractivity contribution is 6.03. The maximum absolute atomic E-state index is 12.8. The van der Waals surface area contributed by atoms with Crippen LogP contribution in [0.5, 0.6) is 5.75 Å². The molecule has 1 aliphatic heterocycles. The number of rotatable bonds is 7. The lowest BCUT2D eigenvalue weighted by molar-refractivity contribution is -0.138. The third kappa shape index (κ3) is 4.83. The van der Waals surface area contributed by atoms with Crippen LogP contribution in [0.2, 0.25) is 0 Å². The number of furan rings is 1. The van der Waals surface area contributed by atoms with Crippen molar-refractivity contribution in [2.45, 2.75) is 19.4 Å². The van der Waals surface area contributed by atoms with Crippen molar-refractivity contribution in [1.29, 1.82) is 0 Å². The van der Waals surface area contributed by atoms with Crippen molar-refractivity contribution in [3.8, 4) is 5.75 Å². The first-order chi connectivity index (χ1) is 15.1. The fourth-order valence-corrected chi connectivity index (χ4v) is 3.31. The predicted octanol–water partition coefficient (Wildman–Crippen LogP) is 4.33. The molecule has 0 saturated heterocycles. The lowest BCUT2D eigenvalue weighted by Crippen LogP contribution is -2.29. The number of aryl methyl sites for hydroxylation is 1. The standard InChI is InChI=1S/C24H23N3O4/c1-17-5-7-18(8-6-17)15-25-31-16-24(28)27-22(23-4-3-13-30-23)14-21(26-27)19-9-11-20(29-2)12-10-19/h3-13,15,22H,14,16H2,1-2H3/b25-15-/t22-/m0/s1. The summed E-state index contributed by atoms with van der Waals surface area (Å²) in [5, 5.41) is 9.89. The summed E-state index contributed by atoms with van der Waals surface area (Å²) in [6, 6.07) is 18.7. The number of hydrogen-bond acceptors (Lipinski definition) is 6. The molecule has 0 spiro atoms. The van der Waals surface area contributed by atoms with Crippen molar-refractivity contribution < 1.29 is 18.8 Å². The van der Waals surface area contributed by atoms with Gasteiger partial charge in [0.2, 0.25) is 0 Å². The molecule has 1 aromatic heterocycles. The first kappa shape index (κ1) is 20.4. The van der Waals surface area contributed by atoms with E-state index in [4.69, 9.17) is 14.0 Å². The topological polar surface area (TPSA) is 76.6 Å². The fraction of sp³-hybridized carbons (Fsp3) is 0.208. The first-order valence-corrected chi connectivity index (χ1v) is 9.93. The molecular weight excluding hydrogens is 394 g/mol. The molecule has 31 heavy (non-hydrogen) atoms. The molecule has 0 unspecified atom stereocenters.